The second kappa shape index (κ2) is 9.60. The number of aromatic amines is 1. The number of ether oxygens (including phenoxy) is 1. The van der Waals surface area contributed by atoms with Crippen LogP contribution in [0.3, 0.4) is 0 Å². The second-order valence-corrected chi connectivity index (χ2v) is 7.93. The third-order valence-corrected chi connectivity index (χ3v) is 5.67. The first kappa shape index (κ1) is 22.1. The van der Waals surface area contributed by atoms with Gasteiger partial charge >= 0.3 is 12.1 Å². The minimum atomic E-state index is -1.24. The molecule has 3 aromatic rings. The van der Waals surface area contributed by atoms with E-state index in [1.54, 1.807) is 0 Å². The van der Waals surface area contributed by atoms with Crippen LogP contribution in [0.25, 0.3) is 11.3 Å². The van der Waals surface area contributed by atoms with Gasteiger partial charge in [-0.15, -0.1) is 0 Å². The number of rotatable bonds is 7. The van der Waals surface area contributed by atoms with Crippen molar-refractivity contribution >= 4 is 17.7 Å². The molecule has 170 valence electrons. The van der Waals surface area contributed by atoms with Crippen LogP contribution in [-0.2, 0) is 17.8 Å². The Balaban J connectivity index is 1.34. The van der Waals surface area contributed by atoms with E-state index < -0.39 is 17.6 Å². The number of carboxylic acid groups (broad SMARTS) is 1. The van der Waals surface area contributed by atoms with Crippen LogP contribution in [0.4, 0.5) is 10.5 Å². The smallest absolute Gasteiger partial charge is 0.407 e. The van der Waals surface area contributed by atoms with Crippen LogP contribution in [0.1, 0.15) is 28.4 Å². The maximum absolute atomic E-state index is 12.1. The van der Waals surface area contributed by atoms with Gasteiger partial charge in [-0.05, 0) is 41.3 Å². The summed E-state index contributed by atoms with van der Waals surface area (Å²) < 4.78 is 5.26. The number of carboxylic acids is 1. The standard InChI is InChI=1S/C25H25N3O5/c1-2-17-12-21(24(30)31)23(29)27-22(17)18-8-10-20(11-9-18)28-13-19(14-28)26-25(32)33-15-16-6-4-3-5-7-16/h3-12,19H,2,13-15H2,1H3,(H,26,32)(H,27,29)(H,30,31). The van der Waals surface area contributed by atoms with Crippen molar-refractivity contribution in [1.82, 2.24) is 10.3 Å². The number of benzene rings is 2. The van der Waals surface area contributed by atoms with Crippen LogP contribution in [0.2, 0.25) is 0 Å². The van der Waals surface area contributed by atoms with Crippen molar-refractivity contribution in [2.75, 3.05) is 18.0 Å². The Morgan fingerprint density at radius 1 is 1.12 bits per heavy atom. The molecular formula is C25H25N3O5. The largest absolute Gasteiger partial charge is 0.477 e. The Morgan fingerprint density at radius 2 is 1.82 bits per heavy atom. The van der Waals surface area contributed by atoms with Gasteiger partial charge in [0.05, 0.1) is 11.7 Å². The highest BCUT2D eigenvalue weighted by Crippen LogP contribution is 2.27. The van der Waals surface area contributed by atoms with Crippen molar-refractivity contribution in [2.24, 2.45) is 0 Å². The third-order valence-electron chi connectivity index (χ3n) is 5.67. The van der Waals surface area contributed by atoms with E-state index in [1.807, 2.05) is 61.5 Å². The minimum Gasteiger partial charge on any atom is -0.477 e. The Hall–Kier alpha value is -4.07. The Morgan fingerprint density at radius 3 is 2.45 bits per heavy atom. The molecule has 0 radical (unpaired) electrons. The number of hydrogen-bond donors (Lipinski definition) is 3. The molecule has 1 fully saturated rings. The van der Waals surface area contributed by atoms with E-state index in [2.05, 4.69) is 15.2 Å². The van der Waals surface area contributed by atoms with Crippen LogP contribution in [-0.4, -0.2) is 41.3 Å². The molecule has 33 heavy (non-hydrogen) atoms. The number of anilines is 1. The van der Waals surface area contributed by atoms with Gasteiger partial charge in [-0.3, -0.25) is 4.79 Å². The normalized spacial score (nSPS) is 13.3. The van der Waals surface area contributed by atoms with E-state index in [0.29, 0.717) is 25.2 Å². The highest BCUT2D eigenvalue weighted by atomic mass is 16.5. The molecule has 0 spiro atoms. The molecule has 1 amide bonds. The summed E-state index contributed by atoms with van der Waals surface area (Å²) in [5.41, 5.74) is 3.27. The lowest BCUT2D eigenvalue weighted by Gasteiger charge is -2.41. The first-order valence-electron chi connectivity index (χ1n) is 10.8. The van der Waals surface area contributed by atoms with Crippen LogP contribution < -0.4 is 15.8 Å². The van der Waals surface area contributed by atoms with Gasteiger partial charge in [-0.2, -0.15) is 0 Å². The summed E-state index contributed by atoms with van der Waals surface area (Å²) in [5, 5.41) is 12.0. The Labute approximate surface area is 190 Å². The fourth-order valence-electron chi connectivity index (χ4n) is 3.82. The lowest BCUT2D eigenvalue weighted by Crippen LogP contribution is -2.59. The maximum Gasteiger partial charge on any atom is 0.407 e. The first-order chi connectivity index (χ1) is 15.9. The molecule has 8 heteroatoms. The molecule has 8 nitrogen and oxygen atoms in total. The van der Waals surface area contributed by atoms with Crippen molar-refractivity contribution in [2.45, 2.75) is 26.0 Å². The summed E-state index contributed by atoms with van der Waals surface area (Å²) >= 11 is 0. The number of hydrogen-bond acceptors (Lipinski definition) is 5. The topological polar surface area (TPSA) is 112 Å². The van der Waals surface area contributed by atoms with E-state index in [1.165, 1.54) is 6.07 Å². The number of nitrogens with zero attached hydrogens (tertiary/aromatic N) is 1. The average Bonchev–Trinajstić information content (AvgIpc) is 2.80. The maximum atomic E-state index is 12.1. The zero-order valence-electron chi connectivity index (χ0n) is 18.2. The van der Waals surface area contributed by atoms with Gasteiger partial charge in [0.15, 0.2) is 0 Å². The molecule has 1 aliphatic rings. The Bertz CT molecular complexity index is 1200. The molecule has 3 N–H and O–H groups in total. The predicted octanol–water partition coefficient (Wildman–Crippen LogP) is 3.42. The first-order valence-corrected chi connectivity index (χ1v) is 10.8. The van der Waals surface area contributed by atoms with Crippen molar-refractivity contribution in [3.05, 3.63) is 87.7 Å². The lowest BCUT2D eigenvalue weighted by atomic mass is 10.0. The Kier molecular flexibility index (Phi) is 6.44. The van der Waals surface area contributed by atoms with Crippen molar-refractivity contribution < 1.29 is 19.4 Å². The average molecular weight is 447 g/mol. The molecule has 0 unspecified atom stereocenters. The van der Waals surface area contributed by atoms with Crippen LogP contribution in [0.15, 0.2) is 65.5 Å². The van der Waals surface area contributed by atoms with Crippen LogP contribution in [0, 0.1) is 0 Å². The van der Waals surface area contributed by atoms with Gasteiger partial charge in [0, 0.05) is 18.8 Å². The second-order valence-electron chi connectivity index (χ2n) is 7.93. The summed E-state index contributed by atoms with van der Waals surface area (Å²) in [4.78, 5) is 40.2. The number of pyridine rings is 1. The van der Waals surface area contributed by atoms with Gasteiger partial charge in [-0.25, -0.2) is 9.59 Å². The number of carbonyl (C=O) groups is 2. The number of alkyl carbamates (subject to hydrolysis) is 1. The molecule has 1 aliphatic heterocycles. The molecule has 0 atom stereocenters. The fourth-order valence-corrected chi connectivity index (χ4v) is 3.82. The number of nitrogens with one attached hydrogen (secondary N) is 2. The van der Waals surface area contributed by atoms with Crippen molar-refractivity contribution in [1.29, 1.82) is 0 Å². The fraction of sp³-hybridized carbons (Fsp3) is 0.240. The van der Waals surface area contributed by atoms with Crippen molar-refractivity contribution in [3.8, 4) is 11.3 Å². The highest BCUT2D eigenvalue weighted by molar-refractivity contribution is 5.88. The zero-order valence-corrected chi connectivity index (χ0v) is 18.2. The lowest BCUT2D eigenvalue weighted by molar-refractivity contribution is 0.0694. The van der Waals surface area contributed by atoms with Gasteiger partial charge in [-0.1, -0.05) is 49.4 Å². The zero-order chi connectivity index (χ0) is 23.4. The van der Waals surface area contributed by atoms with E-state index in [9.17, 15) is 19.5 Å². The van der Waals surface area contributed by atoms with E-state index >= 15 is 0 Å². The summed E-state index contributed by atoms with van der Waals surface area (Å²) in [6.45, 7) is 3.49. The SMILES string of the molecule is CCc1cc(C(=O)O)c(=O)[nH]c1-c1ccc(N2CC(NC(=O)OCc3ccccc3)C2)cc1. The van der Waals surface area contributed by atoms with E-state index in [4.69, 9.17) is 4.74 Å². The number of carbonyl (C=O) groups excluding carboxylic acids is 1. The molecule has 0 aliphatic carbocycles. The van der Waals surface area contributed by atoms with E-state index in [0.717, 1.165) is 22.4 Å². The van der Waals surface area contributed by atoms with Crippen LogP contribution >= 0.6 is 0 Å². The molecular weight excluding hydrogens is 422 g/mol. The number of H-pyrrole nitrogens is 1. The van der Waals surface area contributed by atoms with Gasteiger partial charge in [0.1, 0.15) is 12.2 Å². The summed E-state index contributed by atoms with van der Waals surface area (Å²) in [6.07, 6.45) is 0.160. The molecule has 0 saturated carbocycles. The number of aromatic nitrogens is 1. The number of aromatic carboxylic acids is 1. The van der Waals surface area contributed by atoms with Gasteiger partial charge in [0.2, 0.25) is 0 Å². The molecule has 4 rings (SSSR count). The quantitative estimate of drug-likeness (QED) is 0.512. The summed E-state index contributed by atoms with van der Waals surface area (Å²) in [5.74, 6) is -1.24. The summed E-state index contributed by atoms with van der Waals surface area (Å²) in [7, 11) is 0. The van der Waals surface area contributed by atoms with Crippen molar-refractivity contribution in [3.63, 3.8) is 0 Å². The van der Waals surface area contributed by atoms with Crippen LogP contribution in [0.5, 0.6) is 0 Å². The molecule has 2 aromatic carbocycles. The predicted molar refractivity (Wildman–Crippen MR) is 125 cm³/mol. The highest BCUT2D eigenvalue weighted by Gasteiger charge is 2.28. The minimum absolute atomic E-state index is 0.0135. The number of aryl methyl sites for hydroxylation is 1. The van der Waals surface area contributed by atoms with E-state index in [-0.39, 0.29) is 18.2 Å². The summed E-state index contributed by atoms with van der Waals surface area (Å²) in [6, 6.07) is 18.7. The third kappa shape index (κ3) is 5.06. The molecule has 1 saturated heterocycles. The number of amides is 1. The molecule has 0 bridgehead atoms. The van der Waals surface area contributed by atoms with Gasteiger partial charge in [0.25, 0.3) is 5.56 Å². The van der Waals surface area contributed by atoms with Gasteiger partial charge < -0.3 is 25.0 Å². The molecule has 2 heterocycles. The monoisotopic (exact) mass is 447 g/mol. The molecule has 1 aromatic heterocycles.